The van der Waals surface area contributed by atoms with Crippen LogP contribution >= 0.6 is 0 Å². The van der Waals surface area contributed by atoms with Gasteiger partial charge in [0, 0.05) is 25.4 Å². The van der Waals surface area contributed by atoms with Gasteiger partial charge in [-0.3, -0.25) is 4.68 Å². The second kappa shape index (κ2) is 7.45. The standard InChI is InChI=1S/C13H25N3O/c1-5-7-14-13(10-17-8-6-2)12-9-16(4)15-11(12)3/h9,13-14H,5-8,10H2,1-4H3. The first kappa shape index (κ1) is 14.2. The number of nitrogens with zero attached hydrogens (tertiary/aromatic N) is 2. The molecule has 0 aliphatic carbocycles. The van der Waals surface area contributed by atoms with Gasteiger partial charge in [0.05, 0.1) is 18.3 Å². The van der Waals surface area contributed by atoms with E-state index in [4.69, 9.17) is 4.74 Å². The molecule has 1 N–H and O–H groups in total. The third kappa shape index (κ3) is 4.48. The smallest absolute Gasteiger partial charge is 0.0662 e. The summed E-state index contributed by atoms with van der Waals surface area (Å²) in [6.45, 7) is 8.91. The van der Waals surface area contributed by atoms with Crippen molar-refractivity contribution in [2.45, 2.75) is 39.7 Å². The lowest BCUT2D eigenvalue weighted by molar-refractivity contribution is 0.112. The van der Waals surface area contributed by atoms with Gasteiger partial charge in [-0.15, -0.1) is 0 Å². The number of aryl methyl sites for hydroxylation is 2. The normalized spacial score (nSPS) is 12.9. The topological polar surface area (TPSA) is 39.1 Å². The van der Waals surface area contributed by atoms with E-state index in [2.05, 4.69) is 37.4 Å². The Hall–Kier alpha value is -0.870. The second-order valence-electron chi connectivity index (χ2n) is 4.43. The van der Waals surface area contributed by atoms with Gasteiger partial charge < -0.3 is 10.1 Å². The Morgan fingerprint density at radius 2 is 2.18 bits per heavy atom. The zero-order chi connectivity index (χ0) is 12.7. The Balaban J connectivity index is 2.64. The molecule has 0 saturated carbocycles. The molecule has 0 amide bonds. The Morgan fingerprint density at radius 1 is 1.41 bits per heavy atom. The van der Waals surface area contributed by atoms with Gasteiger partial charge in [-0.25, -0.2) is 0 Å². The highest BCUT2D eigenvalue weighted by Gasteiger charge is 2.15. The molecule has 1 aromatic rings. The SMILES string of the molecule is CCCNC(COCCC)c1cn(C)nc1C. The predicted molar refractivity (Wildman–Crippen MR) is 70.1 cm³/mol. The molecule has 0 saturated heterocycles. The molecule has 98 valence electrons. The first-order valence-corrected chi connectivity index (χ1v) is 6.50. The van der Waals surface area contributed by atoms with E-state index in [1.807, 2.05) is 11.7 Å². The monoisotopic (exact) mass is 239 g/mol. The maximum Gasteiger partial charge on any atom is 0.0662 e. The van der Waals surface area contributed by atoms with Gasteiger partial charge in [-0.1, -0.05) is 13.8 Å². The highest BCUT2D eigenvalue weighted by molar-refractivity contribution is 5.20. The van der Waals surface area contributed by atoms with Crippen LogP contribution in [0.25, 0.3) is 0 Å². The van der Waals surface area contributed by atoms with E-state index >= 15 is 0 Å². The zero-order valence-electron chi connectivity index (χ0n) is 11.5. The minimum atomic E-state index is 0.259. The first-order valence-electron chi connectivity index (χ1n) is 6.50. The summed E-state index contributed by atoms with van der Waals surface area (Å²) in [5, 5.41) is 7.91. The van der Waals surface area contributed by atoms with Crippen LogP contribution in [0.4, 0.5) is 0 Å². The Kier molecular flexibility index (Phi) is 6.22. The minimum Gasteiger partial charge on any atom is -0.379 e. The quantitative estimate of drug-likeness (QED) is 0.707. The molecule has 0 radical (unpaired) electrons. The van der Waals surface area contributed by atoms with Crippen LogP contribution in [-0.2, 0) is 11.8 Å². The molecule has 17 heavy (non-hydrogen) atoms. The van der Waals surface area contributed by atoms with Crippen molar-refractivity contribution in [3.8, 4) is 0 Å². The number of nitrogens with one attached hydrogen (secondary N) is 1. The van der Waals surface area contributed by atoms with E-state index in [9.17, 15) is 0 Å². The van der Waals surface area contributed by atoms with E-state index < -0.39 is 0 Å². The molecule has 1 heterocycles. The van der Waals surface area contributed by atoms with Crippen molar-refractivity contribution in [1.29, 1.82) is 0 Å². The third-order valence-electron chi connectivity index (χ3n) is 2.70. The van der Waals surface area contributed by atoms with Crippen LogP contribution in [0, 0.1) is 6.92 Å². The summed E-state index contributed by atoms with van der Waals surface area (Å²) in [7, 11) is 1.96. The van der Waals surface area contributed by atoms with Crippen molar-refractivity contribution in [2.75, 3.05) is 19.8 Å². The zero-order valence-corrected chi connectivity index (χ0v) is 11.5. The fourth-order valence-corrected chi connectivity index (χ4v) is 1.88. The molecule has 0 spiro atoms. The summed E-state index contributed by atoms with van der Waals surface area (Å²) in [5.41, 5.74) is 2.33. The van der Waals surface area contributed by atoms with Crippen LogP contribution in [0.3, 0.4) is 0 Å². The predicted octanol–water partition coefficient (Wildman–Crippen LogP) is 2.20. The first-order chi connectivity index (χ1) is 8.19. The molecule has 1 aromatic heterocycles. The van der Waals surface area contributed by atoms with Gasteiger partial charge in [-0.05, 0) is 26.3 Å². The highest BCUT2D eigenvalue weighted by atomic mass is 16.5. The molecule has 0 aliphatic rings. The number of hydrogen-bond donors (Lipinski definition) is 1. The number of ether oxygens (including phenoxy) is 1. The maximum atomic E-state index is 5.66. The Labute approximate surface area is 104 Å². The molecule has 0 aromatic carbocycles. The second-order valence-corrected chi connectivity index (χ2v) is 4.43. The molecule has 4 heteroatoms. The van der Waals surface area contributed by atoms with E-state index in [-0.39, 0.29) is 6.04 Å². The molecular formula is C13H25N3O. The van der Waals surface area contributed by atoms with E-state index in [0.717, 1.165) is 38.3 Å². The summed E-state index contributed by atoms with van der Waals surface area (Å²) < 4.78 is 7.53. The average molecular weight is 239 g/mol. The van der Waals surface area contributed by atoms with Gasteiger partial charge in [0.15, 0.2) is 0 Å². The van der Waals surface area contributed by atoms with Crippen LogP contribution in [0.2, 0.25) is 0 Å². The van der Waals surface area contributed by atoms with Gasteiger partial charge in [-0.2, -0.15) is 5.10 Å². The summed E-state index contributed by atoms with van der Waals surface area (Å²) in [5.74, 6) is 0. The average Bonchev–Trinajstić information content (AvgIpc) is 2.63. The fourth-order valence-electron chi connectivity index (χ4n) is 1.88. The van der Waals surface area contributed by atoms with E-state index in [0.29, 0.717) is 0 Å². The van der Waals surface area contributed by atoms with E-state index in [1.54, 1.807) is 0 Å². The summed E-state index contributed by atoms with van der Waals surface area (Å²) in [6, 6.07) is 0.259. The van der Waals surface area contributed by atoms with Crippen molar-refractivity contribution in [3.05, 3.63) is 17.5 Å². The van der Waals surface area contributed by atoms with Crippen molar-refractivity contribution < 1.29 is 4.74 Å². The molecule has 0 aliphatic heterocycles. The molecule has 1 atom stereocenters. The summed E-state index contributed by atoms with van der Waals surface area (Å²) >= 11 is 0. The Morgan fingerprint density at radius 3 is 2.71 bits per heavy atom. The van der Waals surface area contributed by atoms with Crippen LogP contribution in [0.15, 0.2) is 6.20 Å². The van der Waals surface area contributed by atoms with Gasteiger partial charge in [0.25, 0.3) is 0 Å². The fraction of sp³-hybridized carbons (Fsp3) is 0.769. The van der Waals surface area contributed by atoms with Crippen molar-refractivity contribution in [1.82, 2.24) is 15.1 Å². The van der Waals surface area contributed by atoms with Crippen LogP contribution in [-0.4, -0.2) is 29.5 Å². The van der Waals surface area contributed by atoms with E-state index in [1.165, 1.54) is 5.56 Å². The van der Waals surface area contributed by atoms with Crippen LogP contribution in [0.5, 0.6) is 0 Å². The maximum absolute atomic E-state index is 5.66. The molecule has 1 rings (SSSR count). The molecule has 1 unspecified atom stereocenters. The largest absolute Gasteiger partial charge is 0.379 e. The molecule has 0 bridgehead atoms. The lowest BCUT2D eigenvalue weighted by Crippen LogP contribution is -2.26. The lowest BCUT2D eigenvalue weighted by atomic mass is 10.1. The third-order valence-corrected chi connectivity index (χ3v) is 2.70. The van der Waals surface area contributed by atoms with Gasteiger partial charge in [0.1, 0.15) is 0 Å². The van der Waals surface area contributed by atoms with Gasteiger partial charge >= 0.3 is 0 Å². The number of aromatic nitrogens is 2. The summed E-state index contributed by atoms with van der Waals surface area (Å²) in [6.07, 6.45) is 4.27. The highest BCUT2D eigenvalue weighted by Crippen LogP contribution is 2.16. The van der Waals surface area contributed by atoms with Crippen molar-refractivity contribution in [3.63, 3.8) is 0 Å². The Bertz CT molecular complexity index is 322. The van der Waals surface area contributed by atoms with Crippen LogP contribution < -0.4 is 5.32 Å². The lowest BCUT2D eigenvalue weighted by Gasteiger charge is -2.18. The van der Waals surface area contributed by atoms with Gasteiger partial charge in [0.2, 0.25) is 0 Å². The molecule has 4 nitrogen and oxygen atoms in total. The number of rotatable bonds is 8. The van der Waals surface area contributed by atoms with Crippen molar-refractivity contribution in [2.24, 2.45) is 7.05 Å². The van der Waals surface area contributed by atoms with Crippen LogP contribution in [0.1, 0.15) is 44.0 Å². The minimum absolute atomic E-state index is 0.259. The van der Waals surface area contributed by atoms with Crippen molar-refractivity contribution >= 4 is 0 Å². The number of hydrogen-bond acceptors (Lipinski definition) is 3. The molecular weight excluding hydrogens is 214 g/mol. The summed E-state index contributed by atoms with van der Waals surface area (Å²) in [4.78, 5) is 0. The molecule has 0 fully saturated rings.